The molecule has 0 amide bonds. The largest absolute Gasteiger partial charge is 0.461 e. The van der Waals surface area contributed by atoms with E-state index in [2.05, 4.69) is 17.1 Å². The molecule has 18 heavy (non-hydrogen) atoms. The molecule has 1 unspecified atom stereocenters. The second-order valence-electron chi connectivity index (χ2n) is 5.67. The summed E-state index contributed by atoms with van der Waals surface area (Å²) in [4.78, 5) is 19.8. The first-order chi connectivity index (χ1) is 8.63. The van der Waals surface area contributed by atoms with Crippen LogP contribution in [0, 0.1) is 0 Å². The lowest BCUT2D eigenvalue weighted by Crippen LogP contribution is -2.49. The van der Waals surface area contributed by atoms with Gasteiger partial charge in [0.05, 0.1) is 6.61 Å². The lowest BCUT2D eigenvalue weighted by molar-refractivity contribution is -0.135. The van der Waals surface area contributed by atoms with Crippen LogP contribution in [0.15, 0.2) is 5.16 Å². The van der Waals surface area contributed by atoms with Crippen LogP contribution in [0.2, 0.25) is 0 Å². The van der Waals surface area contributed by atoms with Gasteiger partial charge in [-0.15, -0.1) is 0 Å². The van der Waals surface area contributed by atoms with E-state index in [-0.39, 0.29) is 11.6 Å². The number of carbonyl (C=O) groups is 1. The molecular weight excluding hydrogens is 232 g/mol. The molecule has 5 nitrogen and oxygen atoms in total. The Labute approximate surface area is 107 Å². The Morgan fingerprint density at radius 1 is 1.50 bits per heavy atom. The zero-order valence-corrected chi connectivity index (χ0v) is 11.0. The Morgan fingerprint density at radius 3 is 2.78 bits per heavy atom. The smallest absolute Gasteiger partial charge is 0.356 e. The van der Waals surface area contributed by atoms with Crippen LogP contribution < -0.4 is 0 Å². The lowest BCUT2D eigenvalue weighted by atomic mass is 9.83. The van der Waals surface area contributed by atoms with Gasteiger partial charge >= 0.3 is 5.97 Å². The molecule has 3 aliphatic rings. The molecule has 0 N–H and O–H groups in total. The minimum Gasteiger partial charge on any atom is -0.461 e. The minimum absolute atomic E-state index is 0.236. The number of hydrogen-bond acceptors (Lipinski definition) is 5. The first-order valence-electron chi connectivity index (χ1n) is 6.78. The summed E-state index contributed by atoms with van der Waals surface area (Å²) in [6, 6.07) is 1.17. The van der Waals surface area contributed by atoms with E-state index in [0.29, 0.717) is 30.8 Å². The Bertz CT molecular complexity index is 380. The van der Waals surface area contributed by atoms with Crippen molar-refractivity contribution in [1.29, 1.82) is 0 Å². The molecule has 0 aromatic carbocycles. The third-order valence-electron chi connectivity index (χ3n) is 4.55. The van der Waals surface area contributed by atoms with Gasteiger partial charge in [0.2, 0.25) is 0 Å². The molecule has 5 heteroatoms. The molecule has 0 aromatic rings. The second kappa shape index (κ2) is 4.23. The summed E-state index contributed by atoms with van der Waals surface area (Å²) < 4.78 is 4.99. The van der Waals surface area contributed by atoms with Gasteiger partial charge in [-0.05, 0) is 26.8 Å². The number of fused-ring (bicyclic) bond motifs is 2. The number of hydrogen-bond donors (Lipinski definition) is 0. The maximum Gasteiger partial charge on any atom is 0.356 e. The highest BCUT2D eigenvalue weighted by atomic mass is 16.7. The summed E-state index contributed by atoms with van der Waals surface area (Å²) in [5, 5.41) is 3.98. The van der Waals surface area contributed by atoms with E-state index in [0.717, 1.165) is 12.8 Å². The van der Waals surface area contributed by atoms with Crippen molar-refractivity contribution in [2.45, 2.75) is 56.7 Å². The molecule has 3 rings (SSSR count). The molecule has 0 aromatic heterocycles. The van der Waals surface area contributed by atoms with Crippen molar-refractivity contribution in [1.82, 2.24) is 4.90 Å². The number of nitrogens with zero attached hydrogens (tertiary/aromatic N) is 2. The van der Waals surface area contributed by atoms with Crippen LogP contribution in [-0.4, -0.2) is 47.9 Å². The molecule has 100 valence electrons. The highest BCUT2D eigenvalue weighted by Gasteiger charge is 2.52. The van der Waals surface area contributed by atoms with Crippen molar-refractivity contribution < 1.29 is 14.4 Å². The molecule has 0 aliphatic carbocycles. The Morgan fingerprint density at radius 2 is 2.17 bits per heavy atom. The quantitative estimate of drug-likeness (QED) is 0.696. The summed E-state index contributed by atoms with van der Waals surface area (Å²) >= 11 is 0. The van der Waals surface area contributed by atoms with Gasteiger partial charge in [-0.2, -0.15) is 0 Å². The van der Waals surface area contributed by atoms with Gasteiger partial charge in [-0.25, -0.2) is 4.79 Å². The van der Waals surface area contributed by atoms with E-state index in [4.69, 9.17) is 9.57 Å². The topological polar surface area (TPSA) is 51.1 Å². The molecule has 1 spiro atoms. The van der Waals surface area contributed by atoms with Crippen molar-refractivity contribution in [2.24, 2.45) is 5.16 Å². The second-order valence-corrected chi connectivity index (χ2v) is 5.67. The first-order valence-corrected chi connectivity index (χ1v) is 6.78. The van der Waals surface area contributed by atoms with Gasteiger partial charge in [-0.1, -0.05) is 5.16 Å². The highest BCUT2D eigenvalue weighted by Crippen LogP contribution is 2.45. The van der Waals surface area contributed by atoms with Crippen molar-refractivity contribution >= 4 is 11.7 Å². The normalized spacial score (nSPS) is 38.7. The zero-order chi connectivity index (χ0) is 12.8. The lowest BCUT2D eigenvalue weighted by Gasteiger charge is -2.41. The predicted octanol–water partition coefficient (Wildman–Crippen LogP) is 1.32. The fourth-order valence-corrected chi connectivity index (χ4v) is 3.59. The number of ether oxygens (including phenoxy) is 1. The van der Waals surface area contributed by atoms with Gasteiger partial charge in [0, 0.05) is 31.3 Å². The van der Waals surface area contributed by atoms with E-state index < -0.39 is 0 Å². The van der Waals surface area contributed by atoms with Gasteiger partial charge < -0.3 is 14.5 Å². The molecule has 3 atom stereocenters. The SMILES string of the molecule is CCOC(=O)C1=NOC2(C1)C[C@H]1CC[C@@H](C2)N1C. The molecule has 3 heterocycles. The van der Waals surface area contributed by atoms with Crippen LogP contribution >= 0.6 is 0 Å². The van der Waals surface area contributed by atoms with Crippen LogP contribution in [0.1, 0.15) is 39.0 Å². The molecule has 0 saturated carbocycles. The van der Waals surface area contributed by atoms with E-state index in [1.165, 1.54) is 12.8 Å². The van der Waals surface area contributed by atoms with Crippen LogP contribution in [0.4, 0.5) is 0 Å². The molecule has 2 fully saturated rings. The molecule has 0 radical (unpaired) electrons. The minimum atomic E-state index is -0.319. The number of rotatable bonds is 2. The number of piperidine rings is 1. The Kier molecular flexibility index (Phi) is 2.81. The van der Waals surface area contributed by atoms with E-state index in [9.17, 15) is 4.79 Å². The van der Waals surface area contributed by atoms with Gasteiger partial charge in [0.1, 0.15) is 5.60 Å². The maximum atomic E-state index is 11.7. The average molecular weight is 252 g/mol. The van der Waals surface area contributed by atoms with E-state index >= 15 is 0 Å². The fraction of sp³-hybridized carbons (Fsp3) is 0.846. The predicted molar refractivity (Wildman–Crippen MR) is 66.3 cm³/mol. The summed E-state index contributed by atoms with van der Waals surface area (Å²) in [5.74, 6) is -0.319. The maximum absolute atomic E-state index is 11.7. The number of esters is 1. The number of carbonyl (C=O) groups excluding carboxylic acids is 1. The van der Waals surface area contributed by atoms with Crippen LogP contribution in [0.3, 0.4) is 0 Å². The number of oxime groups is 1. The molecule has 2 saturated heterocycles. The standard InChI is InChI=1S/C13H20N2O3/c1-3-17-12(16)11-8-13(18-14-11)6-9-4-5-10(7-13)15(9)2/h9-10H,3-8H2,1-2H3/t9-,10+,13?. The Hall–Kier alpha value is -1.10. The third-order valence-corrected chi connectivity index (χ3v) is 4.55. The highest BCUT2D eigenvalue weighted by molar-refractivity contribution is 6.36. The van der Waals surface area contributed by atoms with Gasteiger partial charge in [0.25, 0.3) is 0 Å². The van der Waals surface area contributed by atoms with E-state index in [1.54, 1.807) is 6.92 Å². The van der Waals surface area contributed by atoms with Gasteiger partial charge in [-0.3, -0.25) is 0 Å². The van der Waals surface area contributed by atoms with Crippen molar-refractivity contribution in [2.75, 3.05) is 13.7 Å². The molecule has 3 aliphatic heterocycles. The monoisotopic (exact) mass is 252 g/mol. The summed E-state index contributed by atoms with van der Waals surface area (Å²) in [6.45, 7) is 2.19. The third kappa shape index (κ3) is 1.81. The summed E-state index contributed by atoms with van der Waals surface area (Å²) in [6.07, 6.45) is 5.05. The van der Waals surface area contributed by atoms with Crippen molar-refractivity contribution in [3.8, 4) is 0 Å². The zero-order valence-electron chi connectivity index (χ0n) is 11.0. The first kappa shape index (κ1) is 12.0. The van der Waals surface area contributed by atoms with Crippen LogP contribution in [-0.2, 0) is 14.4 Å². The van der Waals surface area contributed by atoms with Crippen molar-refractivity contribution in [3.63, 3.8) is 0 Å². The summed E-state index contributed by atoms with van der Waals surface area (Å²) in [7, 11) is 2.19. The molecule has 2 bridgehead atoms. The molecular formula is C13H20N2O3. The van der Waals surface area contributed by atoms with E-state index in [1.807, 2.05) is 0 Å². The Balaban J connectivity index is 1.68. The average Bonchev–Trinajstić information content (AvgIpc) is 2.81. The van der Waals surface area contributed by atoms with Gasteiger partial charge in [0.15, 0.2) is 5.71 Å². The fourth-order valence-electron chi connectivity index (χ4n) is 3.59. The van der Waals surface area contributed by atoms with Crippen molar-refractivity contribution in [3.05, 3.63) is 0 Å². The van der Waals surface area contributed by atoms with Crippen LogP contribution in [0.5, 0.6) is 0 Å². The summed E-state index contributed by atoms with van der Waals surface area (Å²) in [5.41, 5.74) is 0.223. The van der Waals surface area contributed by atoms with Crippen LogP contribution in [0.25, 0.3) is 0 Å².